The molecule has 0 radical (unpaired) electrons. The summed E-state index contributed by atoms with van der Waals surface area (Å²) in [7, 11) is 0. The number of hydrogen-bond donors (Lipinski definition) is 1. The van der Waals surface area contributed by atoms with E-state index < -0.39 is 6.10 Å². The van der Waals surface area contributed by atoms with Gasteiger partial charge in [-0.25, -0.2) is 0 Å². The van der Waals surface area contributed by atoms with Crippen LogP contribution in [-0.2, 0) is 19.1 Å². The van der Waals surface area contributed by atoms with Crippen molar-refractivity contribution in [3.63, 3.8) is 0 Å². The van der Waals surface area contributed by atoms with Crippen molar-refractivity contribution in [1.82, 2.24) is 0 Å². The zero-order valence-corrected chi connectivity index (χ0v) is 46.3. The minimum absolute atomic E-state index is 0.0636. The number of hydrogen-bond acceptors (Lipinski definition) is 5. The minimum atomic E-state index is -0.773. The van der Waals surface area contributed by atoms with E-state index in [9.17, 15) is 14.7 Å². The van der Waals surface area contributed by atoms with E-state index in [-0.39, 0.29) is 25.2 Å². The highest BCUT2D eigenvalue weighted by atomic mass is 16.6. The topological polar surface area (TPSA) is 72.8 Å². The third-order valence-electron chi connectivity index (χ3n) is 13.2. The van der Waals surface area contributed by atoms with E-state index >= 15 is 0 Å². The van der Waals surface area contributed by atoms with Gasteiger partial charge in [0.1, 0.15) is 6.61 Å². The van der Waals surface area contributed by atoms with E-state index in [0.717, 1.165) is 83.5 Å². The van der Waals surface area contributed by atoms with Gasteiger partial charge in [-0.15, -0.1) is 0 Å². The molecule has 1 N–H and O–H groups in total. The van der Waals surface area contributed by atoms with Gasteiger partial charge in [-0.3, -0.25) is 9.59 Å². The highest BCUT2D eigenvalue weighted by Crippen LogP contribution is 2.17. The maximum Gasteiger partial charge on any atom is 0.306 e. The Balaban J connectivity index is 3.48. The van der Waals surface area contributed by atoms with E-state index in [2.05, 4.69) is 98.9 Å². The number of rotatable bonds is 55. The van der Waals surface area contributed by atoms with Crippen molar-refractivity contribution < 1.29 is 24.2 Å². The third kappa shape index (κ3) is 57.7. The maximum absolute atomic E-state index is 12.3. The second-order valence-corrected chi connectivity index (χ2v) is 20.1. The first-order valence-electron chi connectivity index (χ1n) is 30.1. The summed E-state index contributed by atoms with van der Waals surface area (Å²) in [6, 6.07) is 0. The summed E-state index contributed by atoms with van der Waals surface area (Å²) in [5.74, 6) is -0.578. The first kappa shape index (κ1) is 67.1. The van der Waals surface area contributed by atoms with Gasteiger partial charge in [-0.05, 0) is 70.6 Å². The molecular weight excluding hydrogens is 861 g/mol. The number of allylic oxidation sites excluding steroid dienone is 14. The van der Waals surface area contributed by atoms with Crippen LogP contribution in [0.5, 0.6) is 0 Å². The molecule has 0 aromatic carbocycles. The summed E-state index contributed by atoms with van der Waals surface area (Å²) >= 11 is 0. The molecule has 0 amide bonds. The van der Waals surface area contributed by atoms with Crippen LogP contribution < -0.4 is 0 Å². The summed E-state index contributed by atoms with van der Waals surface area (Å²) in [6.45, 7) is 4.06. The normalized spacial score (nSPS) is 12.8. The summed E-state index contributed by atoms with van der Waals surface area (Å²) in [4.78, 5) is 24.5. The van der Waals surface area contributed by atoms with Crippen molar-refractivity contribution in [2.75, 3.05) is 13.2 Å². The predicted molar refractivity (Wildman–Crippen MR) is 306 cm³/mol. The quantitative estimate of drug-likeness (QED) is 0.0373. The number of esters is 2. The Labute approximate surface area is 435 Å². The number of unbranched alkanes of at least 4 members (excludes halogenated alkanes) is 33. The zero-order chi connectivity index (χ0) is 50.6. The average Bonchev–Trinajstić information content (AvgIpc) is 3.36. The van der Waals surface area contributed by atoms with Gasteiger partial charge in [0.25, 0.3) is 0 Å². The van der Waals surface area contributed by atoms with Crippen LogP contribution in [0, 0.1) is 0 Å². The summed E-state index contributed by atoms with van der Waals surface area (Å²) in [5, 5.41) is 9.66. The first-order valence-corrected chi connectivity index (χ1v) is 30.1. The third-order valence-corrected chi connectivity index (χ3v) is 13.2. The average molecular weight is 976 g/mol. The summed E-state index contributed by atoms with van der Waals surface area (Å²) < 4.78 is 10.7. The Morgan fingerprint density at radius 3 is 0.929 bits per heavy atom. The molecule has 0 aromatic heterocycles. The Hall–Kier alpha value is -2.92. The molecule has 0 saturated carbocycles. The number of aliphatic hydroxyl groups is 1. The van der Waals surface area contributed by atoms with Gasteiger partial charge >= 0.3 is 11.9 Å². The van der Waals surface area contributed by atoms with E-state index in [0.29, 0.717) is 12.8 Å². The minimum Gasteiger partial charge on any atom is -0.462 e. The van der Waals surface area contributed by atoms with Crippen molar-refractivity contribution in [3.05, 3.63) is 85.1 Å². The largest absolute Gasteiger partial charge is 0.462 e. The monoisotopic (exact) mass is 975 g/mol. The number of aliphatic hydroxyl groups excluding tert-OH is 1. The second kappa shape index (κ2) is 60.4. The first-order chi connectivity index (χ1) is 34.6. The molecule has 5 heteroatoms. The zero-order valence-electron chi connectivity index (χ0n) is 46.3. The Morgan fingerprint density at radius 2 is 0.614 bits per heavy atom. The van der Waals surface area contributed by atoms with Crippen LogP contribution in [0.25, 0.3) is 0 Å². The lowest BCUT2D eigenvalue weighted by molar-refractivity contribution is -0.161. The predicted octanol–water partition coefficient (Wildman–Crippen LogP) is 20.5. The van der Waals surface area contributed by atoms with Gasteiger partial charge in [-0.1, -0.05) is 298 Å². The Kier molecular flexibility index (Phi) is 57.9. The molecule has 1 unspecified atom stereocenters. The molecule has 0 rings (SSSR count). The van der Waals surface area contributed by atoms with Crippen molar-refractivity contribution >= 4 is 11.9 Å². The maximum atomic E-state index is 12.3. The van der Waals surface area contributed by atoms with E-state index in [4.69, 9.17) is 9.47 Å². The van der Waals surface area contributed by atoms with Crippen LogP contribution in [0.4, 0.5) is 0 Å². The second-order valence-electron chi connectivity index (χ2n) is 20.1. The van der Waals surface area contributed by atoms with Crippen LogP contribution in [0.15, 0.2) is 85.1 Å². The molecule has 0 heterocycles. The van der Waals surface area contributed by atoms with Gasteiger partial charge < -0.3 is 14.6 Å². The standard InChI is InChI=1S/C65H114O5/c1-3-5-7-9-11-13-15-17-19-21-23-24-25-26-27-28-29-30-31-32-33-34-35-36-37-38-39-40-42-44-46-48-50-52-54-56-58-60-65(68)70-63(61-66)62-69-64(67)59-57-55-53-51-49-47-45-43-41-22-20-18-16-14-12-10-8-6-4-2/h5,7,11,13,17,19,23-24,26-27,29-30,32-33,63,66H,3-4,6,8-10,12,14-16,18,20-22,25,28,31,34-62H2,1-2H3/b7-5-,13-11-,19-17-,24-23-,27-26-,30-29-,33-32-. The molecule has 5 nitrogen and oxygen atoms in total. The fourth-order valence-electron chi connectivity index (χ4n) is 8.71. The van der Waals surface area contributed by atoms with Crippen molar-refractivity contribution in [3.8, 4) is 0 Å². The lowest BCUT2D eigenvalue weighted by atomic mass is 10.0. The molecule has 0 fully saturated rings. The molecule has 0 aliphatic rings. The highest BCUT2D eigenvalue weighted by Gasteiger charge is 2.16. The Bertz CT molecular complexity index is 1290. The van der Waals surface area contributed by atoms with E-state index in [1.54, 1.807) is 0 Å². The number of ether oxygens (including phenoxy) is 2. The van der Waals surface area contributed by atoms with Crippen LogP contribution in [-0.4, -0.2) is 36.4 Å². The van der Waals surface area contributed by atoms with Gasteiger partial charge in [0.05, 0.1) is 6.61 Å². The summed E-state index contributed by atoms with van der Waals surface area (Å²) in [5.41, 5.74) is 0. The number of carbonyl (C=O) groups is 2. The van der Waals surface area contributed by atoms with Crippen LogP contribution in [0.2, 0.25) is 0 Å². The molecule has 0 aliphatic heterocycles. The van der Waals surface area contributed by atoms with Crippen molar-refractivity contribution in [1.29, 1.82) is 0 Å². The van der Waals surface area contributed by atoms with Gasteiger partial charge in [0.2, 0.25) is 0 Å². The molecule has 0 aromatic rings. The van der Waals surface area contributed by atoms with Crippen LogP contribution >= 0.6 is 0 Å². The van der Waals surface area contributed by atoms with Crippen LogP contribution in [0.1, 0.15) is 296 Å². The van der Waals surface area contributed by atoms with Crippen LogP contribution in [0.3, 0.4) is 0 Å². The fourth-order valence-corrected chi connectivity index (χ4v) is 8.71. The van der Waals surface area contributed by atoms with Gasteiger partial charge in [-0.2, -0.15) is 0 Å². The lowest BCUT2D eigenvalue weighted by Crippen LogP contribution is -2.28. The smallest absolute Gasteiger partial charge is 0.306 e. The van der Waals surface area contributed by atoms with E-state index in [1.165, 1.54) is 186 Å². The van der Waals surface area contributed by atoms with Gasteiger partial charge in [0, 0.05) is 12.8 Å². The fraction of sp³-hybridized carbons (Fsp3) is 0.754. The molecule has 1 atom stereocenters. The molecule has 0 bridgehead atoms. The van der Waals surface area contributed by atoms with Crippen molar-refractivity contribution in [2.45, 2.75) is 302 Å². The SMILES string of the molecule is CC/C=C\C/C=C\C/C=C\C/C=C\C/C=C\C/C=C\C/C=C\CCCCCCCCCCCCCCCCCC(=O)OC(CO)COC(=O)CCCCCCCCCCCCCCCCCCCCC. The van der Waals surface area contributed by atoms with E-state index in [1.807, 2.05) is 0 Å². The molecule has 0 saturated heterocycles. The lowest BCUT2D eigenvalue weighted by Gasteiger charge is -2.15. The van der Waals surface area contributed by atoms with Crippen molar-refractivity contribution in [2.24, 2.45) is 0 Å². The van der Waals surface area contributed by atoms with Gasteiger partial charge in [0.15, 0.2) is 6.10 Å². The summed E-state index contributed by atoms with van der Waals surface area (Å²) in [6.07, 6.45) is 84.3. The molecule has 0 spiro atoms. The number of carbonyl (C=O) groups excluding carboxylic acids is 2. The Morgan fingerprint density at radius 1 is 0.343 bits per heavy atom. The highest BCUT2D eigenvalue weighted by molar-refractivity contribution is 5.70. The molecule has 70 heavy (non-hydrogen) atoms. The molecule has 0 aliphatic carbocycles. The molecule has 404 valence electrons. The molecular formula is C65H114O5.